The molecule has 2 amide bonds. The van der Waals surface area contributed by atoms with Gasteiger partial charge in [-0.2, -0.15) is 8.78 Å². The zero-order valence-corrected chi connectivity index (χ0v) is 18.7. The molecule has 0 saturated heterocycles. The molecule has 3 rings (SSSR count). The molecular weight excluding hydrogens is 477 g/mol. The predicted molar refractivity (Wildman–Crippen MR) is 122 cm³/mol. The van der Waals surface area contributed by atoms with E-state index < -0.39 is 23.5 Å². The molecule has 10 heteroatoms. The van der Waals surface area contributed by atoms with Crippen molar-refractivity contribution in [3.05, 3.63) is 81.8 Å². The Labute approximate surface area is 198 Å². The average Bonchev–Trinajstić information content (AvgIpc) is 2.77. The van der Waals surface area contributed by atoms with E-state index in [-0.39, 0.29) is 6.54 Å². The van der Waals surface area contributed by atoms with Crippen LogP contribution in [-0.2, 0) is 17.3 Å². The fraction of sp³-hybridized carbons (Fsp3) is 0.130. The summed E-state index contributed by atoms with van der Waals surface area (Å²) in [5.41, 5.74) is 1.45. The van der Waals surface area contributed by atoms with Gasteiger partial charge in [-0.25, -0.2) is 9.59 Å². The molecule has 0 bridgehead atoms. The number of hydrogen-bond acceptors (Lipinski definition) is 3. The lowest BCUT2D eigenvalue weighted by atomic mass is 10.0. The van der Waals surface area contributed by atoms with Crippen LogP contribution in [0, 0.1) is 0 Å². The third-order valence-electron chi connectivity index (χ3n) is 4.71. The van der Waals surface area contributed by atoms with Crippen LogP contribution in [0.5, 0.6) is 5.75 Å². The number of aliphatic carboxylic acids is 1. The van der Waals surface area contributed by atoms with E-state index in [1.54, 1.807) is 6.07 Å². The first-order valence-electron chi connectivity index (χ1n) is 9.51. The first kappa shape index (κ1) is 24.3. The molecule has 0 aliphatic heterocycles. The number of carboxylic acid groups (broad SMARTS) is 1. The topological polar surface area (TPSA) is 87.7 Å². The van der Waals surface area contributed by atoms with Crippen molar-refractivity contribution in [1.29, 1.82) is 0 Å². The minimum absolute atomic E-state index is 0.0194. The Hall–Kier alpha value is -3.36. The molecule has 0 unspecified atom stereocenters. The number of rotatable bonds is 7. The number of ether oxygens (including phenoxy) is 1. The third kappa shape index (κ3) is 5.53. The van der Waals surface area contributed by atoms with E-state index in [2.05, 4.69) is 10.6 Å². The summed E-state index contributed by atoms with van der Waals surface area (Å²) >= 11 is 12.8. The van der Waals surface area contributed by atoms with Gasteiger partial charge in [-0.05, 0) is 23.8 Å². The second-order valence-corrected chi connectivity index (χ2v) is 7.71. The fourth-order valence-corrected chi connectivity index (χ4v) is 3.76. The van der Waals surface area contributed by atoms with Crippen LogP contribution in [0.3, 0.4) is 0 Å². The smallest absolute Gasteiger partial charge is 0.379 e. The molecule has 0 spiro atoms. The number of para-hydroxylation sites is 1. The van der Waals surface area contributed by atoms with Gasteiger partial charge >= 0.3 is 17.9 Å². The maximum atomic E-state index is 13.5. The lowest BCUT2D eigenvalue weighted by molar-refractivity contribution is -0.166. The molecule has 0 saturated carbocycles. The Morgan fingerprint density at radius 1 is 1.03 bits per heavy atom. The van der Waals surface area contributed by atoms with E-state index in [1.807, 2.05) is 18.2 Å². The molecule has 33 heavy (non-hydrogen) atoms. The highest BCUT2D eigenvalue weighted by Crippen LogP contribution is 2.41. The predicted octanol–water partition coefficient (Wildman–Crippen LogP) is 6.17. The van der Waals surface area contributed by atoms with Crippen molar-refractivity contribution in [2.24, 2.45) is 0 Å². The van der Waals surface area contributed by atoms with Gasteiger partial charge in [-0.3, -0.25) is 0 Å². The van der Waals surface area contributed by atoms with Gasteiger partial charge in [-0.1, -0.05) is 65.7 Å². The quantitative estimate of drug-likeness (QED) is 0.366. The highest BCUT2D eigenvalue weighted by atomic mass is 35.5. The van der Waals surface area contributed by atoms with Crippen LogP contribution in [-0.4, -0.2) is 24.2 Å². The van der Waals surface area contributed by atoms with Gasteiger partial charge in [0.2, 0.25) is 0 Å². The standard InChI is InChI=1S/C23H18Cl2F2N2O4/c1-33-19-5-3-2-4-16(19)20-17(24)10-15(11-18(20)25)29-22(32)28-12-13-6-8-14(9-7-13)23(26,27)21(30)31/h2-11H,12H2,1H3,(H,30,31)(H2,28,29,32). The molecule has 0 aliphatic rings. The summed E-state index contributed by atoms with van der Waals surface area (Å²) in [6, 6.07) is 14.3. The molecular formula is C23H18Cl2F2N2O4. The van der Waals surface area contributed by atoms with Crippen molar-refractivity contribution in [3.63, 3.8) is 0 Å². The van der Waals surface area contributed by atoms with Crippen LogP contribution in [0.25, 0.3) is 11.1 Å². The largest absolute Gasteiger partial charge is 0.496 e. The van der Waals surface area contributed by atoms with Crippen LogP contribution in [0.2, 0.25) is 10.0 Å². The number of halogens is 4. The van der Waals surface area contributed by atoms with E-state index in [0.717, 1.165) is 12.1 Å². The van der Waals surface area contributed by atoms with Crippen LogP contribution < -0.4 is 15.4 Å². The number of methoxy groups -OCH3 is 1. The lowest BCUT2D eigenvalue weighted by Gasteiger charge is -2.14. The summed E-state index contributed by atoms with van der Waals surface area (Å²) in [6.07, 6.45) is 0. The van der Waals surface area contributed by atoms with Crippen molar-refractivity contribution in [3.8, 4) is 16.9 Å². The number of urea groups is 1. The van der Waals surface area contributed by atoms with E-state index in [4.69, 9.17) is 33.0 Å². The first-order chi connectivity index (χ1) is 15.6. The molecule has 172 valence electrons. The summed E-state index contributed by atoms with van der Waals surface area (Å²) < 4.78 is 32.4. The van der Waals surface area contributed by atoms with Gasteiger partial charge in [-0.15, -0.1) is 0 Å². The van der Waals surface area contributed by atoms with Crippen LogP contribution >= 0.6 is 23.2 Å². The Morgan fingerprint density at radius 2 is 1.64 bits per heavy atom. The third-order valence-corrected chi connectivity index (χ3v) is 5.31. The number of carbonyl (C=O) groups is 2. The highest BCUT2D eigenvalue weighted by molar-refractivity contribution is 6.40. The Kier molecular flexibility index (Phi) is 7.40. The minimum atomic E-state index is -3.99. The molecule has 0 aromatic heterocycles. The number of benzene rings is 3. The number of carboxylic acids is 1. The second kappa shape index (κ2) is 10.1. The van der Waals surface area contributed by atoms with Crippen molar-refractivity contribution >= 4 is 40.9 Å². The van der Waals surface area contributed by atoms with E-state index >= 15 is 0 Å². The van der Waals surface area contributed by atoms with Crippen molar-refractivity contribution < 1.29 is 28.2 Å². The van der Waals surface area contributed by atoms with E-state index in [9.17, 15) is 18.4 Å². The molecule has 0 radical (unpaired) electrons. The summed E-state index contributed by atoms with van der Waals surface area (Å²) in [5, 5.41) is 14.4. The normalized spacial score (nSPS) is 11.1. The first-order valence-corrected chi connectivity index (χ1v) is 10.3. The lowest BCUT2D eigenvalue weighted by Crippen LogP contribution is -2.28. The Morgan fingerprint density at radius 3 is 2.21 bits per heavy atom. The van der Waals surface area contributed by atoms with Gasteiger partial charge in [0.25, 0.3) is 0 Å². The molecule has 0 heterocycles. The molecule has 3 aromatic rings. The monoisotopic (exact) mass is 494 g/mol. The van der Waals surface area contributed by atoms with Crippen molar-refractivity contribution in [1.82, 2.24) is 5.32 Å². The van der Waals surface area contributed by atoms with Crippen molar-refractivity contribution in [2.45, 2.75) is 12.5 Å². The maximum absolute atomic E-state index is 13.5. The van der Waals surface area contributed by atoms with E-state index in [1.165, 1.54) is 31.4 Å². The Bertz CT molecular complexity index is 1160. The van der Waals surface area contributed by atoms with Gasteiger partial charge in [0, 0.05) is 28.9 Å². The molecule has 0 aliphatic carbocycles. The van der Waals surface area contributed by atoms with Crippen LogP contribution in [0.1, 0.15) is 11.1 Å². The van der Waals surface area contributed by atoms with Crippen LogP contribution in [0.15, 0.2) is 60.7 Å². The SMILES string of the molecule is COc1ccccc1-c1c(Cl)cc(NC(=O)NCc2ccc(C(F)(F)C(=O)O)cc2)cc1Cl. The fourth-order valence-electron chi connectivity index (χ4n) is 3.07. The van der Waals surface area contributed by atoms with Crippen molar-refractivity contribution in [2.75, 3.05) is 12.4 Å². The summed E-state index contributed by atoms with van der Waals surface area (Å²) in [6.45, 7) is 0.0194. The molecule has 0 fully saturated rings. The number of hydrogen-bond donors (Lipinski definition) is 3. The maximum Gasteiger partial charge on any atom is 0.379 e. The molecule has 3 aromatic carbocycles. The van der Waals surface area contributed by atoms with Crippen LogP contribution in [0.4, 0.5) is 19.3 Å². The minimum Gasteiger partial charge on any atom is -0.496 e. The second-order valence-electron chi connectivity index (χ2n) is 6.90. The van der Waals surface area contributed by atoms with Gasteiger partial charge in [0.1, 0.15) is 5.75 Å². The number of alkyl halides is 2. The van der Waals surface area contributed by atoms with Gasteiger partial charge in [0.05, 0.1) is 17.2 Å². The zero-order chi connectivity index (χ0) is 24.2. The summed E-state index contributed by atoms with van der Waals surface area (Å²) in [7, 11) is 1.53. The van der Waals surface area contributed by atoms with E-state index in [0.29, 0.717) is 38.2 Å². The highest BCUT2D eigenvalue weighted by Gasteiger charge is 2.40. The zero-order valence-electron chi connectivity index (χ0n) is 17.2. The number of amides is 2. The number of nitrogens with one attached hydrogen (secondary N) is 2. The van der Waals surface area contributed by atoms with Gasteiger partial charge < -0.3 is 20.5 Å². The van der Waals surface area contributed by atoms with Gasteiger partial charge in [0.15, 0.2) is 0 Å². The number of carbonyl (C=O) groups excluding carboxylic acids is 1. The Balaban J connectivity index is 1.67. The molecule has 3 N–H and O–H groups in total. The summed E-state index contributed by atoms with van der Waals surface area (Å²) in [4.78, 5) is 22.9. The average molecular weight is 495 g/mol. The number of anilines is 1. The summed E-state index contributed by atoms with van der Waals surface area (Å²) in [5.74, 6) is -5.63. The molecule has 6 nitrogen and oxygen atoms in total. The molecule has 0 atom stereocenters.